The summed E-state index contributed by atoms with van der Waals surface area (Å²) < 4.78 is 21.5. The molecule has 1 fully saturated rings. The van der Waals surface area contributed by atoms with E-state index in [2.05, 4.69) is 6.58 Å². The van der Waals surface area contributed by atoms with Crippen LogP contribution in [0.15, 0.2) is 47.9 Å². The van der Waals surface area contributed by atoms with Crippen molar-refractivity contribution in [2.45, 2.75) is 19.4 Å². The van der Waals surface area contributed by atoms with Gasteiger partial charge in [0.05, 0.1) is 18.8 Å². The van der Waals surface area contributed by atoms with Crippen molar-refractivity contribution >= 4 is 12.0 Å². The number of amides is 1. The highest BCUT2D eigenvalue weighted by atomic mass is 19.1. The van der Waals surface area contributed by atoms with Gasteiger partial charge >= 0.3 is 0 Å². The molecule has 2 heterocycles. The van der Waals surface area contributed by atoms with Gasteiger partial charge < -0.3 is 14.2 Å². The average molecular weight is 394 g/mol. The summed E-state index contributed by atoms with van der Waals surface area (Å²) in [6, 6.07) is 4.58. The molecule has 1 aliphatic heterocycles. The number of hydrogen-bond acceptors (Lipinski definition) is 3. The van der Waals surface area contributed by atoms with Crippen LogP contribution >= 0.6 is 0 Å². The molecule has 0 saturated carbocycles. The highest BCUT2D eigenvalue weighted by Crippen LogP contribution is 2.31. The molecule has 2 aromatic rings. The Morgan fingerprint density at radius 3 is 2.83 bits per heavy atom. The van der Waals surface area contributed by atoms with E-state index < -0.39 is 5.82 Å². The first kappa shape index (κ1) is 19.3. The predicted molar refractivity (Wildman–Crippen MR) is 110 cm³/mol. The van der Waals surface area contributed by atoms with Crippen LogP contribution in [0, 0.1) is 5.82 Å². The van der Waals surface area contributed by atoms with Gasteiger partial charge in [0.2, 0.25) is 0 Å². The zero-order valence-corrected chi connectivity index (χ0v) is 16.2. The van der Waals surface area contributed by atoms with Crippen LogP contribution in [0.25, 0.3) is 17.2 Å². The molecule has 0 N–H and O–H groups in total. The summed E-state index contributed by atoms with van der Waals surface area (Å²) in [4.78, 5) is 27.2. The van der Waals surface area contributed by atoms with Crippen LogP contribution in [0.5, 0.6) is 0 Å². The molecule has 0 spiro atoms. The van der Waals surface area contributed by atoms with Gasteiger partial charge in [0.15, 0.2) is 0 Å². The van der Waals surface area contributed by atoms with E-state index in [1.165, 1.54) is 6.07 Å². The first-order valence-corrected chi connectivity index (χ1v) is 9.81. The van der Waals surface area contributed by atoms with E-state index >= 15 is 0 Å². The topological polar surface area (TPSA) is 51.5 Å². The Labute approximate surface area is 168 Å². The number of carbonyl (C=O) groups excluding carboxylic acids is 1. The number of hydrogen-bond donors (Lipinski definition) is 0. The number of ether oxygens (including phenoxy) is 1. The van der Waals surface area contributed by atoms with E-state index in [1.807, 2.05) is 12.2 Å². The number of morpholine rings is 1. The number of benzene rings is 1. The molecule has 5 nitrogen and oxygen atoms in total. The van der Waals surface area contributed by atoms with E-state index in [4.69, 9.17) is 4.74 Å². The molecule has 0 radical (unpaired) electrons. The van der Waals surface area contributed by atoms with Crippen LogP contribution in [-0.4, -0.2) is 41.7 Å². The number of aryl methyl sites for hydroxylation is 1. The highest BCUT2D eigenvalue weighted by molar-refractivity contribution is 5.96. The summed E-state index contributed by atoms with van der Waals surface area (Å²) in [6.07, 6.45) is 8.71. The van der Waals surface area contributed by atoms with Gasteiger partial charge in [0.1, 0.15) is 5.82 Å². The standard InChI is InChI=1S/C23H23FN2O3/c1-2-3-9-26-15-20(17-5-4-6-18(17)22(26)27)16-7-8-21(24)19(14-16)23(28)25-10-12-29-13-11-25/h2,4-5,7-8,14-15H,1,3,6,9-13H2. The lowest BCUT2D eigenvalue weighted by atomic mass is 9.97. The molecule has 0 atom stereocenters. The van der Waals surface area contributed by atoms with Gasteiger partial charge in [-0.3, -0.25) is 9.59 Å². The Morgan fingerprint density at radius 2 is 2.07 bits per heavy atom. The van der Waals surface area contributed by atoms with Crippen LogP contribution < -0.4 is 5.56 Å². The Hall–Kier alpha value is -2.99. The minimum absolute atomic E-state index is 0.0117. The van der Waals surface area contributed by atoms with Gasteiger partial charge in [0, 0.05) is 37.0 Å². The summed E-state index contributed by atoms with van der Waals surface area (Å²) in [5.41, 5.74) is 3.16. The molecule has 1 aromatic heterocycles. The maximum atomic E-state index is 14.5. The normalized spacial score (nSPS) is 15.4. The maximum Gasteiger partial charge on any atom is 0.257 e. The molecule has 2 aliphatic rings. The summed E-state index contributed by atoms with van der Waals surface area (Å²) in [7, 11) is 0. The third-order valence-corrected chi connectivity index (χ3v) is 5.41. The molecule has 29 heavy (non-hydrogen) atoms. The second-order valence-electron chi connectivity index (χ2n) is 7.22. The van der Waals surface area contributed by atoms with Crippen LogP contribution in [0.2, 0.25) is 0 Å². The fourth-order valence-corrected chi connectivity index (χ4v) is 3.84. The van der Waals surface area contributed by atoms with Gasteiger partial charge in [-0.2, -0.15) is 0 Å². The average Bonchev–Trinajstić information content (AvgIpc) is 3.24. The van der Waals surface area contributed by atoms with Gasteiger partial charge in [-0.1, -0.05) is 24.3 Å². The fourth-order valence-electron chi connectivity index (χ4n) is 3.84. The molecule has 1 amide bonds. The van der Waals surface area contributed by atoms with Crippen LogP contribution in [0.1, 0.15) is 27.9 Å². The minimum Gasteiger partial charge on any atom is -0.378 e. The van der Waals surface area contributed by atoms with Crippen molar-refractivity contribution in [1.82, 2.24) is 9.47 Å². The lowest BCUT2D eigenvalue weighted by molar-refractivity contribution is 0.0300. The summed E-state index contributed by atoms with van der Waals surface area (Å²) in [6.45, 7) is 6.07. The van der Waals surface area contributed by atoms with Crippen LogP contribution in [0.4, 0.5) is 4.39 Å². The number of fused-ring (bicyclic) bond motifs is 1. The third-order valence-electron chi connectivity index (χ3n) is 5.41. The molecule has 4 rings (SSSR count). The SMILES string of the molecule is C=CCCn1cc(-c2ccc(F)c(C(=O)N3CCOCC3)c2)c2c(c1=O)CC=C2. The molecular formula is C23H23FN2O3. The fraction of sp³-hybridized carbons (Fsp3) is 0.304. The van der Waals surface area contributed by atoms with Crippen molar-refractivity contribution in [3.8, 4) is 11.1 Å². The Bertz CT molecular complexity index is 1050. The van der Waals surface area contributed by atoms with E-state index in [0.29, 0.717) is 45.7 Å². The van der Waals surface area contributed by atoms with Crippen molar-refractivity contribution in [1.29, 1.82) is 0 Å². The number of halogens is 1. The summed E-state index contributed by atoms with van der Waals surface area (Å²) >= 11 is 0. The van der Waals surface area contributed by atoms with E-state index in [1.54, 1.807) is 33.9 Å². The van der Waals surface area contributed by atoms with Crippen molar-refractivity contribution in [2.75, 3.05) is 26.3 Å². The molecule has 1 aliphatic carbocycles. The van der Waals surface area contributed by atoms with Crippen molar-refractivity contribution < 1.29 is 13.9 Å². The monoisotopic (exact) mass is 394 g/mol. The summed E-state index contributed by atoms with van der Waals surface area (Å²) in [5.74, 6) is -0.878. The maximum absolute atomic E-state index is 14.5. The molecule has 0 bridgehead atoms. The lowest BCUT2D eigenvalue weighted by Crippen LogP contribution is -2.41. The van der Waals surface area contributed by atoms with E-state index in [-0.39, 0.29) is 17.0 Å². The van der Waals surface area contributed by atoms with E-state index in [9.17, 15) is 14.0 Å². The van der Waals surface area contributed by atoms with Crippen molar-refractivity contribution in [3.63, 3.8) is 0 Å². The first-order chi connectivity index (χ1) is 14.1. The quantitative estimate of drug-likeness (QED) is 0.732. The number of aromatic nitrogens is 1. The number of pyridine rings is 1. The number of nitrogens with zero attached hydrogens (tertiary/aromatic N) is 2. The molecule has 6 heteroatoms. The number of rotatable bonds is 5. The molecule has 0 unspecified atom stereocenters. The molecule has 1 aromatic carbocycles. The largest absolute Gasteiger partial charge is 0.378 e. The first-order valence-electron chi connectivity index (χ1n) is 9.81. The van der Waals surface area contributed by atoms with Crippen LogP contribution in [0.3, 0.4) is 0 Å². The number of allylic oxidation sites excluding steroid dienone is 2. The molecular weight excluding hydrogens is 371 g/mol. The summed E-state index contributed by atoms with van der Waals surface area (Å²) in [5, 5.41) is 0. The zero-order chi connectivity index (χ0) is 20.4. The predicted octanol–water partition coefficient (Wildman–Crippen LogP) is 3.27. The van der Waals surface area contributed by atoms with E-state index in [0.717, 1.165) is 22.3 Å². The Kier molecular flexibility index (Phi) is 5.45. The highest BCUT2D eigenvalue weighted by Gasteiger charge is 2.23. The van der Waals surface area contributed by atoms with Gasteiger partial charge in [-0.05, 0) is 36.1 Å². The van der Waals surface area contributed by atoms with Gasteiger partial charge in [-0.15, -0.1) is 6.58 Å². The third kappa shape index (κ3) is 3.68. The van der Waals surface area contributed by atoms with Gasteiger partial charge in [0.25, 0.3) is 11.5 Å². The second kappa shape index (κ2) is 8.17. The Balaban J connectivity index is 1.78. The van der Waals surface area contributed by atoms with Crippen LogP contribution in [-0.2, 0) is 17.7 Å². The van der Waals surface area contributed by atoms with Gasteiger partial charge in [-0.25, -0.2) is 4.39 Å². The second-order valence-corrected chi connectivity index (χ2v) is 7.22. The van der Waals surface area contributed by atoms with Crippen molar-refractivity contribution in [3.05, 3.63) is 76.0 Å². The minimum atomic E-state index is -0.544. The zero-order valence-electron chi connectivity index (χ0n) is 16.2. The number of carbonyl (C=O) groups is 1. The lowest BCUT2D eigenvalue weighted by Gasteiger charge is -2.27. The smallest absolute Gasteiger partial charge is 0.257 e. The van der Waals surface area contributed by atoms with Crippen molar-refractivity contribution in [2.24, 2.45) is 0 Å². The molecule has 1 saturated heterocycles. The Morgan fingerprint density at radius 1 is 1.28 bits per heavy atom. The molecule has 150 valence electrons.